The van der Waals surface area contributed by atoms with Crippen LogP contribution in [0.25, 0.3) is 10.9 Å². The van der Waals surface area contributed by atoms with Crippen molar-refractivity contribution in [1.29, 1.82) is 0 Å². The highest BCUT2D eigenvalue weighted by Crippen LogP contribution is 2.25. The van der Waals surface area contributed by atoms with Crippen LogP contribution in [0.4, 0.5) is 5.69 Å². The lowest BCUT2D eigenvalue weighted by atomic mass is 10.1. The molecule has 30 heavy (non-hydrogen) atoms. The first kappa shape index (κ1) is 19.5. The summed E-state index contributed by atoms with van der Waals surface area (Å²) >= 11 is 0. The van der Waals surface area contributed by atoms with Crippen LogP contribution in [0.1, 0.15) is 21.5 Å². The maximum Gasteiger partial charge on any atom is 0.258 e. The van der Waals surface area contributed by atoms with Gasteiger partial charge in [0.05, 0.1) is 13.7 Å². The van der Waals surface area contributed by atoms with E-state index < -0.39 is 0 Å². The molecule has 5 heteroatoms. The third-order valence-corrected chi connectivity index (χ3v) is 5.14. The van der Waals surface area contributed by atoms with Gasteiger partial charge in [-0.1, -0.05) is 42.5 Å². The second kappa shape index (κ2) is 8.25. The first-order valence-electron chi connectivity index (χ1n) is 9.69. The number of nitrogens with one attached hydrogen (secondary N) is 1. The molecule has 1 heterocycles. The molecule has 0 bridgehead atoms. The number of hydrogen-bond acceptors (Lipinski definition) is 3. The summed E-state index contributed by atoms with van der Waals surface area (Å²) in [7, 11) is 1.58. The Balaban J connectivity index is 1.81. The quantitative estimate of drug-likeness (QED) is 0.530. The van der Waals surface area contributed by atoms with Crippen LogP contribution in [0, 0.1) is 6.92 Å². The van der Waals surface area contributed by atoms with Crippen LogP contribution in [0.2, 0.25) is 0 Å². The smallest absolute Gasteiger partial charge is 0.258 e. The molecule has 0 aliphatic heterocycles. The highest BCUT2D eigenvalue weighted by Gasteiger charge is 2.21. The number of H-pyrrole nitrogens is 1. The zero-order chi connectivity index (χ0) is 21.1. The number of methoxy groups -OCH3 is 1. The van der Waals surface area contributed by atoms with Crippen molar-refractivity contribution in [2.24, 2.45) is 0 Å². The van der Waals surface area contributed by atoms with Crippen molar-refractivity contribution in [2.75, 3.05) is 12.0 Å². The Bertz CT molecular complexity index is 1280. The summed E-state index contributed by atoms with van der Waals surface area (Å²) in [5.74, 6) is 0.469. The number of amides is 1. The van der Waals surface area contributed by atoms with Crippen molar-refractivity contribution in [2.45, 2.75) is 13.5 Å². The number of benzene rings is 3. The molecule has 0 spiro atoms. The lowest BCUT2D eigenvalue weighted by molar-refractivity contribution is 0.0984. The monoisotopic (exact) mass is 398 g/mol. The van der Waals surface area contributed by atoms with Crippen LogP contribution < -0.4 is 15.2 Å². The Hall–Kier alpha value is -3.86. The van der Waals surface area contributed by atoms with Gasteiger partial charge in [-0.05, 0) is 48.2 Å². The van der Waals surface area contributed by atoms with Gasteiger partial charge in [-0.3, -0.25) is 9.59 Å². The second-order valence-electron chi connectivity index (χ2n) is 7.12. The Kier molecular flexibility index (Phi) is 5.35. The lowest BCUT2D eigenvalue weighted by Gasteiger charge is -2.24. The molecule has 0 aliphatic rings. The fourth-order valence-electron chi connectivity index (χ4n) is 3.50. The first-order chi connectivity index (χ1) is 14.6. The minimum Gasteiger partial charge on any atom is -0.497 e. The molecule has 0 fully saturated rings. The molecule has 5 nitrogen and oxygen atoms in total. The molecule has 1 amide bonds. The molecule has 0 unspecified atom stereocenters. The summed E-state index contributed by atoms with van der Waals surface area (Å²) in [6.07, 6.45) is 0. The number of aryl methyl sites for hydroxylation is 1. The van der Waals surface area contributed by atoms with E-state index in [0.29, 0.717) is 22.6 Å². The van der Waals surface area contributed by atoms with Crippen molar-refractivity contribution in [3.8, 4) is 5.75 Å². The Labute approximate surface area is 174 Å². The number of nitrogens with zero attached hydrogens (tertiary/aromatic N) is 1. The average molecular weight is 398 g/mol. The van der Waals surface area contributed by atoms with E-state index in [9.17, 15) is 9.59 Å². The summed E-state index contributed by atoms with van der Waals surface area (Å²) < 4.78 is 5.34. The number of para-hydroxylation sites is 1. The number of carbonyl (C=O) groups excluding carboxylic acids is 1. The minimum atomic E-state index is -0.209. The summed E-state index contributed by atoms with van der Waals surface area (Å²) in [6.45, 7) is 2.04. The van der Waals surface area contributed by atoms with Crippen LogP contribution in [0.15, 0.2) is 83.7 Å². The van der Waals surface area contributed by atoms with Gasteiger partial charge in [0, 0.05) is 28.4 Å². The molecule has 0 saturated carbocycles. The van der Waals surface area contributed by atoms with Crippen LogP contribution >= 0.6 is 0 Å². The average Bonchev–Trinajstić information content (AvgIpc) is 2.77. The highest BCUT2D eigenvalue weighted by molar-refractivity contribution is 6.07. The molecule has 0 aliphatic carbocycles. The van der Waals surface area contributed by atoms with Crippen LogP contribution in [-0.4, -0.2) is 18.0 Å². The van der Waals surface area contributed by atoms with Crippen molar-refractivity contribution in [3.63, 3.8) is 0 Å². The molecule has 0 atom stereocenters. The van der Waals surface area contributed by atoms with E-state index in [1.807, 2.05) is 73.7 Å². The molecule has 1 aromatic heterocycles. The van der Waals surface area contributed by atoms with Gasteiger partial charge in [-0.15, -0.1) is 0 Å². The van der Waals surface area contributed by atoms with Gasteiger partial charge in [-0.25, -0.2) is 0 Å². The van der Waals surface area contributed by atoms with Gasteiger partial charge in [-0.2, -0.15) is 0 Å². The summed E-state index contributed by atoms with van der Waals surface area (Å²) in [5.41, 5.74) is 3.21. The molecule has 0 saturated heterocycles. The summed E-state index contributed by atoms with van der Waals surface area (Å²) in [4.78, 5) is 30.8. The Morgan fingerprint density at radius 3 is 2.53 bits per heavy atom. The number of ether oxygens (including phenoxy) is 1. The normalized spacial score (nSPS) is 10.7. The topological polar surface area (TPSA) is 62.4 Å². The molecule has 1 N–H and O–H groups in total. The number of carbonyl (C=O) groups is 1. The van der Waals surface area contributed by atoms with Gasteiger partial charge in [0.25, 0.3) is 11.5 Å². The fourth-order valence-corrected chi connectivity index (χ4v) is 3.50. The van der Waals surface area contributed by atoms with E-state index in [-0.39, 0.29) is 18.0 Å². The van der Waals surface area contributed by atoms with E-state index in [1.54, 1.807) is 24.1 Å². The number of pyridine rings is 1. The number of aromatic nitrogens is 1. The van der Waals surface area contributed by atoms with Gasteiger partial charge in [0.15, 0.2) is 0 Å². The fraction of sp³-hybridized carbons (Fsp3) is 0.120. The number of hydrogen-bond donors (Lipinski definition) is 1. The van der Waals surface area contributed by atoms with Crippen molar-refractivity contribution < 1.29 is 9.53 Å². The van der Waals surface area contributed by atoms with Gasteiger partial charge < -0.3 is 14.6 Å². The number of fused-ring (bicyclic) bond motifs is 1. The predicted octanol–water partition coefficient (Wildman–Crippen LogP) is 4.69. The number of anilines is 1. The lowest BCUT2D eigenvalue weighted by Crippen LogP contribution is -2.33. The van der Waals surface area contributed by atoms with E-state index in [1.165, 1.54) is 0 Å². The largest absolute Gasteiger partial charge is 0.497 e. The minimum absolute atomic E-state index is 0.139. The van der Waals surface area contributed by atoms with E-state index >= 15 is 0 Å². The predicted molar refractivity (Wildman–Crippen MR) is 119 cm³/mol. The van der Waals surface area contributed by atoms with E-state index in [4.69, 9.17) is 4.74 Å². The van der Waals surface area contributed by atoms with Crippen molar-refractivity contribution in [3.05, 3.63) is 106 Å². The van der Waals surface area contributed by atoms with Crippen LogP contribution in [0.5, 0.6) is 5.75 Å². The SMILES string of the molecule is COc1cccc(N(Cc2cc3ccccc3[nH]c2=O)C(=O)c2ccccc2C)c1. The molecule has 0 radical (unpaired) electrons. The second-order valence-corrected chi connectivity index (χ2v) is 7.12. The van der Waals surface area contributed by atoms with Crippen molar-refractivity contribution in [1.82, 2.24) is 4.98 Å². The van der Waals surface area contributed by atoms with Crippen LogP contribution in [-0.2, 0) is 6.54 Å². The van der Waals surface area contributed by atoms with E-state index in [2.05, 4.69) is 4.98 Å². The van der Waals surface area contributed by atoms with Gasteiger partial charge in [0.2, 0.25) is 0 Å². The molecule has 150 valence electrons. The number of aromatic amines is 1. The number of rotatable bonds is 5. The summed E-state index contributed by atoms with van der Waals surface area (Å²) in [5, 5.41) is 0.918. The standard InChI is InChI=1S/C25H22N2O3/c1-17-8-3-5-12-22(17)25(29)27(20-10-7-11-21(15-20)30-2)16-19-14-18-9-4-6-13-23(18)26-24(19)28/h3-15H,16H2,1-2H3,(H,26,28). The summed E-state index contributed by atoms with van der Waals surface area (Å²) in [6, 6.07) is 24.2. The highest BCUT2D eigenvalue weighted by atomic mass is 16.5. The van der Waals surface area contributed by atoms with Gasteiger partial charge >= 0.3 is 0 Å². The molecule has 4 aromatic rings. The third kappa shape index (κ3) is 3.82. The molecule has 3 aromatic carbocycles. The Morgan fingerprint density at radius 2 is 1.73 bits per heavy atom. The zero-order valence-electron chi connectivity index (χ0n) is 16.9. The van der Waals surface area contributed by atoms with E-state index in [0.717, 1.165) is 16.5 Å². The molecule has 4 rings (SSSR count). The van der Waals surface area contributed by atoms with Gasteiger partial charge in [0.1, 0.15) is 5.75 Å². The van der Waals surface area contributed by atoms with Crippen LogP contribution in [0.3, 0.4) is 0 Å². The first-order valence-corrected chi connectivity index (χ1v) is 9.69. The molecular formula is C25H22N2O3. The Morgan fingerprint density at radius 1 is 0.967 bits per heavy atom. The molecular weight excluding hydrogens is 376 g/mol. The third-order valence-electron chi connectivity index (χ3n) is 5.14. The maximum absolute atomic E-state index is 13.5. The zero-order valence-corrected chi connectivity index (χ0v) is 16.9. The van der Waals surface area contributed by atoms with Crippen molar-refractivity contribution >= 4 is 22.5 Å². The maximum atomic E-state index is 13.5.